The van der Waals surface area contributed by atoms with Crippen molar-refractivity contribution in [2.75, 3.05) is 0 Å². The van der Waals surface area contributed by atoms with Crippen molar-refractivity contribution in [3.05, 3.63) is 71.3 Å². The molecule has 1 atom stereocenters. The van der Waals surface area contributed by atoms with Gasteiger partial charge in [-0.15, -0.1) is 0 Å². The van der Waals surface area contributed by atoms with Crippen molar-refractivity contribution in [3.8, 4) is 0 Å². The predicted molar refractivity (Wildman–Crippen MR) is 94.3 cm³/mol. The predicted octanol–water partition coefficient (Wildman–Crippen LogP) is 4.68. The molecule has 0 spiro atoms. The van der Waals surface area contributed by atoms with Crippen LogP contribution in [0.4, 0.5) is 0 Å². The first-order valence-corrected chi connectivity index (χ1v) is 8.55. The summed E-state index contributed by atoms with van der Waals surface area (Å²) in [6.07, 6.45) is 4.15. The van der Waals surface area contributed by atoms with Crippen LogP contribution in [0.3, 0.4) is 0 Å². The maximum atomic E-state index is 13.2. The number of carbonyl (C=O) groups excluding carboxylic acids is 1. The zero-order valence-corrected chi connectivity index (χ0v) is 14.0. The molecule has 1 fully saturated rings. The lowest BCUT2D eigenvalue weighted by atomic mass is 9.77. The highest BCUT2D eigenvalue weighted by molar-refractivity contribution is 5.89. The van der Waals surface area contributed by atoms with Crippen LogP contribution in [0, 0.1) is 6.92 Å². The molecule has 120 valence electrons. The lowest BCUT2D eigenvalue weighted by molar-refractivity contribution is -0.127. The van der Waals surface area contributed by atoms with Gasteiger partial charge in [-0.3, -0.25) is 4.79 Å². The fraction of sp³-hybridized carbons (Fsp3) is 0.381. The van der Waals surface area contributed by atoms with Crippen LogP contribution in [0.15, 0.2) is 54.6 Å². The number of aryl methyl sites for hydroxylation is 1. The number of hydrogen-bond donors (Lipinski definition) is 1. The molecule has 0 heterocycles. The molecule has 23 heavy (non-hydrogen) atoms. The van der Waals surface area contributed by atoms with Gasteiger partial charge in [0.15, 0.2) is 0 Å². The van der Waals surface area contributed by atoms with Gasteiger partial charge in [0.1, 0.15) is 0 Å². The summed E-state index contributed by atoms with van der Waals surface area (Å²) in [5.74, 6) is 0.178. The van der Waals surface area contributed by atoms with Crippen LogP contribution in [0.2, 0.25) is 0 Å². The van der Waals surface area contributed by atoms with Crippen molar-refractivity contribution >= 4 is 5.91 Å². The molecule has 2 nitrogen and oxygen atoms in total. The normalized spacial score (nSPS) is 17.7. The lowest BCUT2D eigenvalue weighted by Crippen LogP contribution is -2.43. The fourth-order valence-electron chi connectivity index (χ4n) is 3.87. The molecule has 1 unspecified atom stereocenters. The molecular formula is C21H25NO. The topological polar surface area (TPSA) is 29.1 Å². The summed E-state index contributed by atoms with van der Waals surface area (Å²) in [5.41, 5.74) is 3.23. The number of benzene rings is 2. The molecule has 3 rings (SSSR count). The second-order valence-corrected chi connectivity index (χ2v) is 6.71. The van der Waals surface area contributed by atoms with Gasteiger partial charge in [-0.05, 0) is 43.4 Å². The first-order valence-electron chi connectivity index (χ1n) is 8.55. The maximum Gasteiger partial charge on any atom is 0.231 e. The molecule has 1 aliphatic carbocycles. The lowest BCUT2D eigenvalue weighted by Gasteiger charge is -2.30. The minimum atomic E-state index is -0.349. The molecule has 0 saturated heterocycles. The number of hydrogen-bond acceptors (Lipinski definition) is 1. The molecule has 1 N–H and O–H groups in total. The summed E-state index contributed by atoms with van der Waals surface area (Å²) in [6.45, 7) is 4.18. The molecule has 0 aromatic heterocycles. The van der Waals surface area contributed by atoms with E-state index in [0.29, 0.717) is 0 Å². The van der Waals surface area contributed by atoms with E-state index in [2.05, 4.69) is 43.4 Å². The zero-order valence-electron chi connectivity index (χ0n) is 14.0. The highest BCUT2D eigenvalue weighted by Gasteiger charge is 2.42. The molecular weight excluding hydrogens is 282 g/mol. The summed E-state index contributed by atoms with van der Waals surface area (Å²) in [4.78, 5) is 13.2. The molecule has 0 aliphatic heterocycles. The van der Waals surface area contributed by atoms with Crippen LogP contribution in [-0.4, -0.2) is 5.91 Å². The van der Waals surface area contributed by atoms with Gasteiger partial charge in [0, 0.05) is 0 Å². The van der Waals surface area contributed by atoms with E-state index in [1.54, 1.807) is 0 Å². The molecule has 0 radical (unpaired) electrons. The van der Waals surface area contributed by atoms with Crippen molar-refractivity contribution in [1.82, 2.24) is 5.32 Å². The van der Waals surface area contributed by atoms with Gasteiger partial charge in [0.2, 0.25) is 5.91 Å². The molecule has 1 saturated carbocycles. The Bertz CT molecular complexity index is 671. The van der Waals surface area contributed by atoms with Gasteiger partial charge in [-0.25, -0.2) is 0 Å². The highest BCUT2D eigenvalue weighted by atomic mass is 16.2. The van der Waals surface area contributed by atoms with E-state index >= 15 is 0 Å². The van der Waals surface area contributed by atoms with E-state index in [4.69, 9.17) is 0 Å². The van der Waals surface area contributed by atoms with Crippen molar-refractivity contribution in [3.63, 3.8) is 0 Å². The molecule has 1 amide bonds. The average Bonchev–Trinajstić information content (AvgIpc) is 3.07. The van der Waals surface area contributed by atoms with Crippen LogP contribution in [0.1, 0.15) is 55.3 Å². The first-order chi connectivity index (χ1) is 11.1. The van der Waals surface area contributed by atoms with E-state index in [0.717, 1.165) is 31.2 Å². The Morgan fingerprint density at radius 1 is 1.00 bits per heavy atom. The molecule has 1 aliphatic rings. The van der Waals surface area contributed by atoms with E-state index in [1.807, 2.05) is 30.3 Å². The average molecular weight is 307 g/mol. The van der Waals surface area contributed by atoms with E-state index in [-0.39, 0.29) is 17.4 Å². The van der Waals surface area contributed by atoms with E-state index in [9.17, 15) is 4.79 Å². The van der Waals surface area contributed by atoms with Crippen LogP contribution < -0.4 is 5.32 Å². The van der Waals surface area contributed by atoms with Crippen LogP contribution in [0.5, 0.6) is 0 Å². The SMILES string of the molecule is Cc1ccccc1C(C)NC(=O)C1(c2ccccc2)CCCC1. The summed E-state index contributed by atoms with van der Waals surface area (Å²) in [7, 11) is 0. The molecule has 0 bridgehead atoms. The summed E-state index contributed by atoms with van der Waals surface area (Å²) >= 11 is 0. The van der Waals surface area contributed by atoms with Crippen molar-refractivity contribution < 1.29 is 4.79 Å². The highest BCUT2D eigenvalue weighted by Crippen LogP contribution is 2.41. The number of amides is 1. The number of carbonyl (C=O) groups is 1. The van der Waals surface area contributed by atoms with Crippen LogP contribution in [-0.2, 0) is 10.2 Å². The maximum absolute atomic E-state index is 13.2. The quantitative estimate of drug-likeness (QED) is 0.872. The Kier molecular flexibility index (Phi) is 4.51. The van der Waals surface area contributed by atoms with Gasteiger partial charge in [-0.2, -0.15) is 0 Å². The first kappa shape index (κ1) is 15.8. The van der Waals surface area contributed by atoms with Crippen LogP contribution >= 0.6 is 0 Å². The van der Waals surface area contributed by atoms with E-state index < -0.39 is 0 Å². The minimum Gasteiger partial charge on any atom is -0.349 e. The van der Waals surface area contributed by atoms with Crippen molar-refractivity contribution in [2.45, 2.75) is 51.0 Å². The second kappa shape index (κ2) is 6.57. The summed E-state index contributed by atoms with van der Waals surface area (Å²) < 4.78 is 0. The summed E-state index contributed by atoms with van der Waals surface area (Å²) in [5, 5.41) is 3.28. The summed E-state index contributed by atoms with van der Waals surface area (Å²) in [6, 6.07) is 18.6. The van der Waals surface area contributed by atoms with Crippen LogP contribution in [0.25, 0.3) is 0 Å². The van der Waals surface area contributed by atoms with Gasteiger partial charge >= 0.3 is 0 Å². The Morgan fingerprint density at radius 3 is 2.26 bits per heavy atom. The Labute approximate surface area is 138 Å². The Morgan fingerprint density at radius 2 is 1.61 bits per heavy atom. The Balaban J connectivity index is 1.84. The number of nitrogens with one attached hydrogen (secondary N) is 1. The fourth-order valence-corrected chi connectivity index (χ4v) is 3.87. The van der Waals surface area contributed by atoms with Gasteiger partial charge in [0.05, 0.1) is 11.5 Å². The third kappa shape index (κ3) is 3.03. The molecule has 2 heteroatoms. The number of rotatable bonds is 4. The largest absolute Gasteiger partial charge is 0.349 e. The monoisotopic (exact) mass is 307 g/mol. The third-order valence-corrected chi connectivity index (χ3v) is 5.22. The van der Waals surface area contributed by atoms with Crippen molar-refractivity contribution in [1.29, 1.82) is 0 Å². The second-order valence-electron chi connectivity index (χ2n) is 6.71. The van der Waals surface area contributed by atoms with Gasteiger partial charge in [-0.1, -0.05) is 67.4 Å². The van der Waals surface area contributed by atoms with Crippen molar-refractivity contribution in [2.24, 2.45) is 0 Å². The van der Waals surface area contributed by atoms with Gasteiger partial charge < -0.3 is 5.32 Å². The standard InChI is InChI=1S/C21H25NO/c1-16-10-6-7-13-19(16)17(2)22-20(23)21(14-8-9-15-21)18-11-4-3-5-12-18/h3-7,10-13,17H,8-9,14-15H2,1-2H3,(H,22,23). The smallest absolute Gasteiger partial charge is 0.231 e. The third-order valence-electron chi connectivity index (χ3n) is 5.22. The molecule has 2 aromatic rings. The Hall–Kier alpha value is -2.09. The van der Waals surface area contributed by atoms with Gasteiger partial charge in [0.25, 0.3) is 0 Å². The molecule has 2 aromatic carbocycles. The van der Waals surface area contributed by atoms with E-state index in [1.165, 1.54) is 11.1 Å². The zero-order chi connectivity index (χ0) is 16.3. The minimum absolute atomic E-state index is 0.0323.